The molecule has 2 aliphatic heterocycles. The van der Waals surface area contributed by atoms with Crippen molar-refractivity contribution in [3.8, 4) is 22.4 Å². The van der Waals surface area contributed by atoms with Crippen molar-refractivity contribution in [2.24, 2.45) is 0 Å². The molecule has 2 aliphatic rings. The van der Waals surface area contributed by atoms with Gasteiger partial charge in [-0.05, 0) is 101 Å². The van der Waals surface area contributed by atoms with Crippen molar-refractivity contribution in [1.82, 2.24) is 35.1 Å². The van der Waals surface area contributed by atoms with E-state index in [1.807, 2.05) is 103 Å². The first-order chi connectivity index (χ1) is 26.5. The Labute approximate surface area is 327 Å². The van der Waals surface area contributed by atoms with Crippen LogP contribution in [0.1, 0.15) is 126 Å². The molecule has 2 fully saturated rings. The van der Waals surface area contributed by atoms with Crippen LogP contribution >= 0.6 is 0 Å². The van der Waals surface area contributed by atoms with Crippen molar-refractivity contribution >= 4 is 23.0 Å². The second-order valence-electron chi connectivity index (χ2n) is 17.2. The minimum atomic E-state index is -1.04. The van der Waals surface area contributed by atoms with Crippen LogP contribution in [0.3, 0.4) is 0 Å². The molecule has 56 heavy (non-hydrogen) atoms. The Morgan fingerprint density at radius 1 is 0.982 bits per heavy atom. The molecule has 7 rings (SSSR count). The summed E-state index contributed by atoms with van der Waals surface area (Å²) in [5.41, 5.74) is 5.14. The number of hydrogen-bond acceptors (Lipinski definition) is 10. The lowest BCUT2D eigenvalue weighted by atomic mass is 9.84. The van der Waals surface area contributed by atoms with Crippen molar-refractivity contribution in [2.75, 3.05) is 19.7 Å². The van der Waals surface area contributed by atoms with Gasteiger partial charge in [-0.3, -0.25) is 4.79 Å². The molecule has 0 radical (unpaired) electrons. The van der Waals surface area contributed by atoms with E-state index in [9.17, 15) is 14.7 Å². The number of pyridine rings is 1. The number of piperidine rings is 1. The third kappa shape index (κ3) is 8.20. The van der Waals surface area contributed by atoms with E-state index in [1.165, 1.54) is 0 Å². The summed E-state index contributed by atoms with van der Waals surface area (Å²) in [6.07, 6.45) is 5.07. The van der Waals surface area contributed by atoms with E-state index in [0.29, 0.717) is 38.4 Å². The monoisotopic (exact) mass is 763 g/mol. The number of nitrogens with zero attached hydrogens (tertiary/aromatic N) is 6. The van der Waals surface area contributed by atoms with Crippen molar-refractivity contribution < 1.29 is 28.7 Å². The Balaban J connectivity index is 1.14. The van der Waals surface area contributed by atoms with E-state index >= 15 is 0 Å². The van der Waals surface area contributed by atoms with E-state index in [1.54, 1.807) is 4.90 Å². The van der Waals surface area contributed by atoms with Crippen LogP contribution in [-0.2, 0) is 20.5 Å². The molecule has 2 unspecified atom stereocenters. The molecule has 2 N–H and O–H groups in total. The molecule has 2 saturated heterocycles. The average molecular weight is 764 g/mol. The maximum Gasteiger partial charge on any atom is 0.410 e. The zero-order chi connectivity index (χ0) is 40.0. The van der Waals surface area contributed by atoms with Gasteiger partial charge in [-0.2, -0.15) is 10.1 Å². The van der Waals surface area contributed by atoms with Crippen LogP contribution in [0.4, 0.5) is 4.79 Å². The Morgan fingerprint density at radius 2 is 1.70 bits per heavy atom. The summed E-state index contributed by atoms with van der Waals surface area (Å²) in [5.74, 6) is -0.0126. The van der Waals surface area contributed by atoms with Gasteiger partial charge in [-0.1, -0.05) is 62.3 Å². The molecule has 2 amide bonds. The SMILES string of the molecule is Cc1cc(-c2nn(C3CCCCO3)c3ncc(-c4ccc(C5(O)CCN(C(=O)OC(C)(C)C)CC5)cc4)cc23)ccc1C(C)NC(=O)c1nc(C(C)(C)C)no1. The predicted molar refractivity (Wildman–Crippen MR) is 212 cm³/mol. The van der Waals surface area contributed by atoms with Gasteiger partial charge >= 0.3 is 17.9 Å². The van der Waals surface area contributed by atoms with Gasteiger partial charge in [0.15, 0.2) is 17.7 Å². The van der Waals surface area contributed by atoms with Crippen molar-refractivity contribution in [1.29, 1.82) is 0 Å². The fourth-order valence-corrected chi connectivity index (χ4v) is 7.42. The molecule has 0 spiro atoms. The number of benzene rings is 2. The van der Waals surface area contributed by atoms with Gasteiger partial charge in [0.1, 0.15) is 11.3 Å². The first-order valence-corrected chi connectivity index (χ1v) is 19.6. The summed E-state index contributed by atoms with van der Waals surface area (Å²) >= 11 is 0. The molecular weight excluding hydrogens is 711 g/mol. The first kappa shape index (κ1) is 39.1. The molecular formula is C43H53N7O6. The fraction of sp³-hybridized carbons (Fsp3) is 0.488. The highest BCUT2D eigenvalue weighted by molar-refractivity contribution is 5.94. The van der Waals surface area contributed by atoms with Gasteiger partial charge in [0.25, 0.3) is 0 Å². The first-order valence-electron chi connectivity index (χ1n) is 19.6. The second kappa shape index (κ2) is 15.1. The lowest BCUT2D eigenvalue weighted by molar-refractivity contribution is -0.0369. The standard InChI is InChI=1S/C43H53N7O6/c1-26-23-29(14-17-32(26)27(2)45-37(51)38-46-39(48-56-38)41(3,4)5)35-33-24-30(25-44-36(33)50(47-35)34-11-9-10-22-54-34)28-12-15-31(16-13-28)43(53)18-20-49(21-19-43)40(52)55-42(6,7)8/h12-17,23-25,27,34,53H,9-11,18-22H2,1-8H3,(H,45,51). The normalized spacial score (nSPS) is 18.2. The van der Waals surface area contributed by atoms with Crippen LogP contribution in [0.2, 0.25) is 0 Å². The van der Waals surface area contributed by atoms with Crippen LogP contribution < -0.4 is 5.32 Å². The number of aromatic nitrogens is 5. The van der Waals surface area contributed by atoms with Gasteiger partial charge < -0.3 is 29.3 Å². The van der Waals surface area contributed by atoms with Crippen molar-refractivity contribution in [3.63, 3.8) is 0 Å². The number of carbonyl (C=O) groups excluding carboxylic acids is 2. The number of ether oxygens (including phenoxy) is 2. The summed E-state index contributed by atoms with van der Waals surface area (Å²) in [7, 11) is 0. The number of carbonyl (C=O) groups is 2. The second-order valence-corrected chi connectivity index (χ2v) is 17.2. The zero-order valence-electron chi connectivity index (χ0n) is 33.7. The molecule has 0 aliphatic carbocycles. The highest BCUT2D eigenvalue weighted by atomic mass is 16.6. The minimum Gasteiger partial charge on any atom is -0.444 e. The van der Waals surface area contributed by atoms with Gasteiger partial charge in [-0.15, -0.1) is 0 Å². The van der Waals surface area contributed by atoms with Crippen molar-refractivity contribution in [3.05, 3.63) is 83.1 Å². The molecule has 3 aromatic heterocycles. The highest BCUT2D eigenvalue weighted by Crippen LogP contribution is 2.38. The van der Waals surface area contributed by atoms with Gasteiger partial charge in [0.2, 0.25) is 0 Å². The smallest absolute Gasteiger partial charge is 0.410 e. The minimum absolute atomic E-state index is 0.0626. The zero-order valence-corrected chi connectivity index (χ0v) is 33.7. The quantitative estimate of drug-likeness (QED) is 0.166. The highest BCUT2D eigenvalue weighted by Gasteiger charge is 2.37. The van der Waals surface area contributed by atoms with Crippen molar-refractivity contribution in [2.45, 2.75) is 116 Å². The molecule has 5 heterocycles. The number of fused-ring (bicyclic) bond motifs is 1. The van der Waals surface area contributed by atoms with Crippen LogP contribution in [0.5, 0.6) is 0 Å². The molecule has 13 heteroatoms. The van der Waals surface area contributed by atoms with E-state index < -0.39 is 17.1 Å². The number of nitrogens with one attached hydrogen (secondary N) is 1. The lowest BCUT2D eigenvalue weighted by Crippen LogP contribution is -2.46. The van der Waals surface area contributed by atoms with Crippen LogP contribution in [0.15, 0.2) is 59.3 Å². The van der Waals surface area contributed by atoms with E-state index in [-0.39, 0.29) is 29.7 Å². The molecule has 13 nitrogen and oxygen atoms in total. The number of aryl methyl sites for hydroxylation is 1. The summed E-state index contributed by atoms with van der Waals surface area (Å²) < 4.78 is 18.9. The van der Waals surface area contributed by atoms with E-state index in [4.69, 9.17) is 24.1 Å². The molecule has 0 saturated carbocycles. The van der Waals surface area contributed by atoms with Crippen LogP contribution in [0, 0.1) is 6.92 Å². The Morgan fingerprint density at radius 3 is 2.32 bits per heavy atom. The largest absolute Gasteiger partial charge is 0.444 e. The number of amides is 2. The molecule has 0 bridgehead atoms. The topological polar surface area (TPSA) is 158 Å². The molecule has 2 aromatic carbocycles. The van der Waals surface area contributed by atoms with E-state index in [0.717, 1.165) is 69.4 Å². The Hall–Kier alpha value is -5.14. The van der Waals surface area contributed by atoms with E-state index in [2.05, 4.69) is 27.6 Å². The lowest BCUT2D eigenvalue weighted by Gasteiger charge is -2.39. The summed E-state index contributed by atoms with van der Waals surface area (Å²) in [5, 5.41) is 24.6. The van der Waals surface area contributed by atoms with Gasteiger partial charge in [0, 0.05) is 47.8 Å². The predicted octanol–water partition coefficient (Wildman–Crippen LogP) is 8.16. The molecule has 5 aromatic rings. The number of aliphatic hydroxyl groups is 1. The number of hydrogen-bond donors (Lipinski definition) is 2. The van der Waals surface area contributed by atoms with Crippen LogP contribution in [0.25, 0.3) is 33.4 Å². The fourth-order valence-electron chi connectivity index (χ4n) is 7.42. The Kier molecular flexibility index (Phi) is 10.5. The third-order valence-electron chi connectivity index (χ3n) is 10.6. The average Bonchev–Trinajstić information content (AvgIpc) is 3.81. The summed E-state index contributed by atoms with van der Waals surface area (Å²) in [6, 6.07) is 15.9. The maximum atomic E-state index is 13.0. The number of rotatable bonds is 7. The third-order valence-corrected chi connectivity index (χ3v) is 10.6. The van der Waals surface area contributed by atoms with Gasteiger partial charge in [-0.25, -0.2) is 14.5 Å². The van der Waals surface area contributed by atoms with Crippen LogP contribution in [-0.4, -0.2) is 72.2 Å². The maximum absolute atomic E-state index is 13.0. The summed E-state index contributed by atoms with van der Waals surface area (Å²) in [4.78, 5) is 36.6. The molecule has 2 atom stereocenters. The Bertz CT molecular complexity index is 2220. The number of likely N-dealkylation sites (tertiary alicyclic amines) is 1. The molecule has 296 valence electrons. The summed E-state index contributed by atoms with van der Waals surface area (Å²) in [6.45, 7) is 16.9. The van der Waals surface area contributed by atoms with Gasteiger partial charge in [0.05, 0.1) is 11.6 Å².